The molecule has 0 heterocycles. The molecule has 0 bridgehead atoms. The Morgan fingerprint density at radius 3 is 1.55 bits per heavy atom. The molecule has 342 valence electrons. The van der Waals surface area contributed by atoms with Crippen molar-refractivity contribution in [1.29, 1.82) is 0 Å². The SMILES string of the molecule is CCCCCC1CCC(c2ccc(-c3ccc(O)c(OC)c3)c(F)c2)CC1.CCCCCC1CCC(c2ccc(B(O)O)c(F)c2)CC1.COc1cc(Br)ccc1O.O=CO[O-].[H-].[Na+].[Na+]. The standard InChI is InChI=1S/C24H31FO2.C17H26BFO2.C7H7BrO2.CH2O3.2Na.H/c1-3-4-5-6-17-7-9-18(10-8-17)19-11-13-21(22(25)15-19)20-12-14-23(26)24(16-20)27-2;1-2-3-4-5-13-6-8-14(9-7-13)15-10-11-16(18(20)21)17(19)12-15;1-10-7-4-5(8)2-3-6(7)9;2-1-4-3;;;/h11-18,26H,3-10H2,1-2H3;10-14,20-21H,2-9H2,1H3;2-4,9H,1H3;1,3H;;;/q;;;;2*+1;-1/p-1. The van der Waals surface area contributed by atoms with Crippen molar-refractivity contribution < 1.29 is 114 Å². The van der Waals surface area contributed by atoms with Crippen LogP contribution >= 0.6 is 15.9 Å². The van der Waals surface area contributed by atoms with Gasteiger partial charge >= 0.3 is 66.2 Å². The molecule has 2 fully saturated rings. The summed E-state index contributed by atoms with van der Waals surface area (Å²) in [6.07, 6.45) is 20.2. The number of aromatic hydroxyl groups is 2. The number of hydrogen-bond acceptors (Lipinski definition) is 9. The van der Waals surface area contributed by atoms with Crippen LogP contribution in [0.15, 0.2) is 77.3 Å². The van der Waals surface area contributed by atoms with Gasteiger partial charge in [-0.05, 0) is 134 Å². The number of carbonyl (C=O) groups is 1. The number of phenolic OH excluding ortho intramolecular Hbond substituents is 2. The van der Waals surface area contributed by atoms with Crippen LogP contribution in [0.1, 0.15) is 141 Å². The molecule has 9 nitrogen and oxygen atoms in total. The average molecular weight is 974 g/mol. The average Bonchev–Trinajstić information content (AvgIpc) is 3.28. The Kier molecular flexibility index (Phi) is 31.2. The molecule has 0 atom stereocenters. The van der Waals surface area contributed by atoms with E-state index in [1.807, 2.05) is 12.1 Å². The number of phenols is 2. The van der Waals surface area contributed by atoms with Gasteiger partial charge in [0.05, 0.1) is 14.2 Å². The van der Waals surface area contributed by atoms with E-state index in [1.165, 1.54) is 116 Å². The molecule has 0 aliphatic heterocycles. The minimum absolute atomic E-state index is 0. The molecule has 0 unspecified atom stereocenters. The van der Waals surface area contributed by atoms with Crippen molar-refractivity contribution in [2.75, 3.05) is 14.2 Å². The van der Waals surface area contributed by atoms with Crippen molar-refractivity contribution in [2.45, 2.75) is 128 Å². The molecule has 2 aliphatic rings. The minimum Gasteiger partial charge on any atom is -1.00 e. The van der Waals surface area contributed by atoms with Gasteiger partial charge in [0.25, 0.3) is 6.47 Å². The zero-order chi connectivity index (χ0) is 45.4. The summed E-state index contributed by atoms with van der Waals surface area (Å²) >= 11 is 3.25. The first kappa shape index (κ1) is 59.9. The summed E-state index contributed by atoms with van der Waals surface area (Å²) in [5, 5.41) is 45.4. The first-order chi connectivity index (χ1) is 29.9. The molecule has 4 N–H and O–H groups in total. The molecular weight excluding hydrogens is 907 g/mol. The van der Waals surface area contributed by atoms with Crippen molar-refractivity contribution in [3.8, 4) is 34.1 Å². The topological polar surface area (TPSA) is 149 Å². The summed E-state index contributed by atoms with van der Waals surface area (Å²) in [6, 6.07) is 20.4. The molecule has 0 amide bonds. The van der Waals surface area contributed by atoms with Crippen LogP contribution in [-0.2, 0) is 9.68 Å². The summed E-state index contributed by atoms with van der Waals surface area (Å²) < 4.78 is 39.5. The summed E-state index contributed by atoms with van der Waals surface area (Å²) in [4.78, 5) is 11.2. The maximum Gasteiger partial charge on any atom is 1.00 e. The Labute approximate surface area is 434 Å². The van der Waals surface area contributed by atoms with E-state index >= 15 is 0 Å². The smallest absolute Gasteiger partial charge is 1.00 e. The fourth-order valence-electron chi connectivity index (χ4n) is 8.46. The molecule has 0 aromatic heterocycles. The van der Waals surface area contributed by atoms with E-state index < -0.39 is 12.9 Å². The van der Waals surface area contributed by atoms with Gasteiger partial charge in [-0.3, -0.25) is 4.79 Å². The van der Waals surface area contributed by atoms with Gasteiger partial charge in [0, 0.05) is 15.5 Å². The van der Waals surface area contributed by atoms with Gasteiger partial charge in [0.2, 0.25) is 0 Å². The molecule has 15 heteroatoms. The molecule has 6 rings (SSSR count). The van der Waals surface area contributed by atoms with Gasteiger partial charge < -0.3 is 41.3 Å². The minimum atomic E-state index is -1.73. The summed E-state index contributed by atoms with van der Waals surface area (Å²) in [6.45, 7) is 4.31. The van der Waals surface area contributed by atoms with Crippen LogP contribution in [-0.4, -0.2) is 48.1 Å². The zero-order valence-electron chi connectivity index (χ0n) is 39.7. The number of ether oxygens (including phenoxy) is 2. The first-order valence-electron chi connectivity index (χ1n) is 22.0. The number of carbonyl (C=O) groups excluding carboxylic acids is 1. The van der Waals surface area contributed by atoms with E-state index in [0.717, 1.165) is 40.3 Å². The van der Waals surface area contributed by atoms with Crippen LogP contribution in [0.4, 0.5) is 8.78 Å². The number of methoxy groups -OCH3 is 2. The van der Waals surface area contributed by atoms with Crippen LogP contribution < -0.4 is 79.3 Å². The molecule has 4 aromatic rings. The molecule has 4 aromatic carbocycles. The van der Waals surface area contributed by atoms with Crippen LogP contribution in [0, 0.1) is 23.5 Å². The predicted molar refractivity (Wildman–Crippen MR) is 245 cm³/mol. The fourth-order valence-corrected chi connectivity index (χ4v) is 8.80. The van der Waals surface area contributed by atoms with E-state index in [-0.39, 0.29) is 89.8 Å². The Morgan fingerprint density at radius 1 is 0.688 bits per heavy atom. The van der Waals surface area contributed by atoms with Crippen molar-refractivity contribution in [3.63, 3.8) is 0 Å². The van der Waals surface area contributed by atoms with Gasteiger partial charge in [-0.15, -0.1) is 0 Å². The van der Waals surface area contributed by atoms with Crippen LogP contribution in [0.25, 0.3) is 11.1 Å². The van der Waals surface area contributed by atoms with Gasteiger partial charge in [-0.25, -0.2) is 8.78 Å². The molecule has 0 saturated heterocycles. The second-order valence-electron chi connectivity index (χ2n) is 16.2. The van der Waals surface area contributed by atoms with Crippen molar-refractivity contribution in [2.24, 2.45) is 11.8 Å². The van der Waals surface area contributed by atoms with E-state index in [9.17, 15) is 13.9 Å². The molecule has 0 radical (unpaired) electrons. The number of unbranched alkanes of at least 4 members (excludes halogenated alkanes) is 4. The van der Waals surface area contributed by atoms with Crippen LogP contribution in [0.2, 0.25) is 0 Å². The monoisotopic (exact) mass is 972 g/mol. The van der Waals surface area contributed by atoms with Crippen LogP contribution in [0.5, 0.6) is 23.0 Å². The number of hydrogen-bond donors (Lipinski definition) is 4. The second-order valence-corrected chi connectivity index (χ2v) is 17.1. The van der Waals surface area contributed by atoms with E-state index in [0.29, 0.717) is 34.5 Å². The third-order valence-electron chi connectivity index (χ3n) is 12.0. The maximum atomic E-state index is 14.8. The molecule has 0 spiro atoms. The van der Waals surface area contributed by atoms with E-state index in [1.54, 1.807) is 42.5 Å². The van der Waals surface area contributed by atoms with Crippen LogP contribution in [0.3, 0.4) is 0 Å². The van der Waals surface area contributed by atoms with Crippen molar-refractivity contribution in [1.82, 2.24) is 0 Å². The maximum absolute atomic E-state index is 14.8. The van der Waals surface area contributed by atoms with Crippen molar-refractivity contribution in [3.05, 3.63) is 100 Å². The first-order valence-corrected chi connectivity index (χ1v) is 22.8. The number of benzene rings is 4. The van der Waals surface area contributed by atoms with Gasteiger partial charge in [0.1, 0.15) is 11.6 Å². The van der Waals surface area contributed by atoms with Gasteiger partial charge in [0.15, 0.2) is 23.0 Å². The van der Waals surface area contributed by atoms with Gasteiger partial charge in [-0.2, -0.15) is 0 Å². The third-order valence-corrected chi connectivity index (χ3v) is 12.5. The Hall–Kier alpha value is -2.17. The Bertz CT molecular complexity index is 1920. The largest absolute Gasteiger partial charge is 1.00 e. The quantitative estimate of drug-likeness (QED) is 0.0418. The van der Waals surface area contributed by atoms with Gasteiger partial charge in [-0.1, -0.05) is 111 Å². The molecule has 2 aliphatic carbocycles. The summed E-state index contributed by atoms with van der Waals surface area (Å²) in [5.74, 6) is 2.96. The molecular formula is C49H66BBrF2Na2O9. The summed E-state index contributed by atoms with van der Waals surface area (Å²) in [5.41, 5.74) is 3.35. The fraction of sp³-hybridized carbons (Fsp3) is 0.490. The number of rotatable bonds is 15. The van der Waals surface area contributed by atoms with E-state index in [4.69, 9.17) is 34.7 Å². The molecule has 2 saturated carbocycles. The predicted octanol–water partition coefficient (Wildman–Crippen LogP) is 5.14. The van der Waals surface area contributed by atoms with E-state index in [2.05, 4.69) is 40.7 Å². The third kappa shape index (κ3) is 20.4. The Morgan fingerprint density at radius 2 is 1.14 bits per heavy atom. The van der Waals surface area contributed by atoms with Crippen molar-refractivity contribution >= 4 is 35.0 Å². The normalized spacial score (nSPS) is 17.5. The second kappa shape index (κ2) is 33.3. The molecule has 64 heavy (non-hydrogen) atoms. The zero-order valence-corrected chi connectivity index (χ0v) is 44.3. The summed E-state index contributed by atoms with van der Waals surface area (Å²) in [7, 11) is 1.28. The Balaban J connectivity index is 0.000000956. The number of halogens is 3.